The Morgan fingerprint density at radius 1 is 1.20 bits per heavy atom. The lowest BCUT2D eigenvalue weighted by Crippen LogP contribution is -2.27. The Balaban J connectivity index is 1.75. The lowest BCUT2D eigenvalue weighted by molar-refractivity contribution is -0.117. The van der Waals surface area contributed by atoms with Crippen LogP contribution in [0.4, 0.5) is 10.1 Å². The van der Waals surface area contributed by atoms with Gasteiger partial charge in [0.25, 0.3) is 0 Å². The van der Waals surface area contributed by atoms with Gasteiger partial charge in [-0.2, -0.15) is 0 Å². The molecule has 1 aliphatic heterocycles. The van der Waals surface area contributed by atoms with E-state index in [9.17, 15) is 9.18 Å². The first kappa shape index (κ1) is 12.8. The SMILES string of the molecule is Cc1ccc(CNC2C(=O)Nc3cc(F)ccc32)cc1. The molecule has 2 N–H and O–H groups in total. The van der Waals surface area contributed by atoms with Crippen LogP contribution in [-0.2, 0) is 11.3 Å². The zero-order chi connectivity index (χ0) is 14.1. The maximum Gasteiger partial charge on any atom is 0.246 e. The van der Waals surface area contributed by atoms with Crippen LogP contribution in [-0.4, -0.2) is 5.91 Å². The van der Waals surface area contributed by atoms with E-state index in [-0.39, 0.29) is 11.7 Å². The highest BCUT2D eigenvalue weighted by Crippen LogP contribution is 2.31. The van der Waals surface area contributed by atoms with E-state index in [4.69, 9.17) is 0 Å². The van der Waals surface area contributed by atoms with E-state index < -0.39 is 6.04 Å². The Morgan fingerprint density at radius 3 is 2.70 bits per heavy atom. The molecule has 0 spiro atoms. The molecule has 4 heteroatoms. The molecule has 1 heterocycles. The lowest BCUT2D eigenvalue weighted by Gasteiger charge is -2.11. The van der Waals surface area contributed by atoms with Crippen molar-refractivity contribution in [1.82, 2.24) is 5.32 Å². The van der Waals surface area contributed by atoms with Crippen molar-refractivity contribution in [3.05, 3.63) is 65.0 Å². The van der Waals surface area contributed by atoms with Crippen molar-refractivity contribution >= 4 is 11.6 Å². The zero-order valence-corrected chi connectivity index (χ0v) is 11.1. The largest absolute Gasteiger partial charge is 0.324 e. The molecular weight excluding hydrogens is 255 g/mol. The average Bonchev–Trinajstić information content (AvgIpc) is 2.73. The van der Waals surface area contributed by atoms with E-state index in [0.29, 0.717) is 12.2 Å². The van der Waals surface area contributed by atoms with Gasteiger partial charge < -0.3 is 5.32 Å². The summed E-state index contributed by atoms with van der Waals surface area (Å²) in [6.45, 7) is 2.63. The van der Waals surface area contributed by atoms with Crippen LogP contribution in [0.2, 0.25) is 0 Å². The first-order valence-electron chi connectivity index (χ1n) is 6.53. The fourth-order valence-corrected chi connectivity index (χ4v) is 2.36. The van der Waals surface area contributed by atoms with Gasteiger partial charge in [-0.25, -0.2) is 4.39 Å². The molecule has 0 bridgehead atoms. The van der Waals surface area contributed by atoms with E-state index in [0.717, 1.165) is 11.1 Å². The number of amides is 1. The summed E-state index contributed by atoms with van der Waals surface area (Å²) in [5.74, 6) is -0.485. The van der Waals surface area contributed by atoms with Gasteiger partial charge in [-0.3, -0.25) is 10.1 Å². The third-order valence-corrected chi connectivity index (χ3v) is 3.48. The molecule has 2 aromatic rings. The highest BCUT2D eigenvalue weighted by atomic mass is 19.1. The molecule has 0 fully saturated rings. The van der Waals surface area contributed by atoms with Gasteiger partial charge in [-0.05, 0) is 24.6 Å². The first-order chi connectivity index (χ1) is 9.63. The predicted molar refractivity (Wildman–Crippen MR) is 75.8 cm³/mol. The van der Waals surface area contributed by atoms with Crippen LogP contribution in [0.15, 0.2) is 42.5 Å². The molecule has 3 nitrogen and oxygen atoms in total. The van der Waals surface area contributed by atoms with Crippen molar-refractivity contribution in [3.63, 3.8) is 0 Å². The number of benzene rings is 2. The Hall–Kier alpha value is -2.20. The minimum absolute atomic E-state index is 0.141. The van der Waals surface area contributed by atoms with Gasteiger partial charge >= 0.3 is 0 Å². The average molecular weight is 270 g/mol. The number of fused-ring (bicyclic) bond motifs is 1. The van der Waals surface area contributed by atoms with Crippen LogP contribution in [0.5, 0.6) is 0 Å². The Morgan fingerprint density at radius 2 is 1.95 bits per heavy atom. The lowest BCUT2D eigenvalue weighted by atomic mass is 10.1. The number of hydrogen-bond donors (Lipinski definition) is 2. The number of aryl methyl sites for hydroxylation is 1. The Labute approximate surface area is 116 Å². The van der Waals surface area contributed by atoms with Crippen LogP contribution >= 0.6 is 0 Å². The quantitative estimate of drug-likeness (QED) is 0.900. The normalized spacial score (nSPS) is 16.9. The summed E-state index contributed by atoms with van der Waals surface area (Å²) in [5, 5.41) is 5.90. The minimum atomic E-state index is -0.424. The van der Waals surface area contributed by atoms with Crippen molar-refractivity contribution in [1.29, 1.82) is 0 Å². The van der Waals surface area contributed by atoms with Crippen LogP contribution in [0.1, 0.15) is 22.7 Å². The van der Waals surface area contributed by atoms with E-state index in [2.05, 4.69) is 10.6 Å². The molecule has 1 unspecified atom stereocenters. The molecular formula is C16H15FN2O. The van der Waals surface area contributed by atoms with Crippen molar-refractivity contribution in [2.24, 2.45) is 0 Å². The maximum absolute atomic E-state index is 13.1. The number of anilines is 1. The molecule has 102 valence electrons. The van der Waals surface area contributed by atoms with Crippen molar-refractivity contribution in [2.75, 3.05) is 5.32 Å². The summed E-state index contributed by atoms with van der Waals surface area (Å²) in [4.78, 5) is 11.9. The molecule has 0 saturated carbocycles. The second kappa shape index (κ2) is 5.06. The molecule has 0 radical (unpaired) electrons. The van der Waals surface area contributed by atoms with Crippen LogP contribution in [0.25, 0.3) is 0 Å². The first-order valence-corrected chi connectivity index (χ1v) is 6.53. The minimum Gasteiger partial charge on any atom is -0.324 e. The van der Waals surface area contributed by atoms with Gasteiger partial charge in [0.1, 0.15) is 11.9 Å². The summed E-state index contributed by atoms with van der Waals surface area (Å²) in [6.07, 6.45) is 0. The van der Waals surface area contributed by atoms with Gasteiger partial charge in [0.15, 0.2) is 0 Å². The van der Waals surface area contributed by atoms with Crippen LogP contribution < -0.4 is 10.6 Å². The number of hydrogen-bond acceptors (Lipinski definition) is 2. The Bertz CT molecular complexity index is 652. The predicted octanol–water partition coefficient (Wildman–Crippen LogP) is 2.92. The Kier molecular flexibility index (Phi) is 3.24. The summed E-state index contributed by atoms with van der Waals surface area (Å²) in [7, 11) is 0. The fraction of sp³-hybridized carbons (Fsp3) is 0.188. The van der Waals surface area contributed by atoms with E-state index in [1.807, 2.05) is 31.2 Å². The third kappa shape index (κ3) is 2.42. The van der Waals surface area contributed by atoms with Crippen molar-refractivity contribution in [3.8, 4) is 0 Å². The number of halogens is 1. The molecule has 1 amide bonds. The molecule has 1 atom stereocenters. The molecule has 0 aromatic heterocycles. The fourth-order valence-electron chi connectivity index (χ4n) is 2.36. The van der Waals surface area contributed by atoms with Gasteiger partial charge in [-0.15, -0.1) is 0 Å². The summed E-state index contributed by atoms with van der Waals surface area (Å²) in [6, 6.07) is 12.1. The topological polar surface area (TPSA) is 41.1 Å². The number of rotatable bonds is 3. The summed E-state index contributed by atoms with van der Waals surface area (Å²) in [5.41, 5.74) is 3.66. The third-order valence-electron chi connectivity index (χ3n) is 3.48. The van der Waals surface area contributed by atoms with E-state index in [1.165, 1.54) is 17.7 Å². The number of nitrogens with one attached hydrogen (secondary N) is 2. The maximum atomic E-state index is 13.1. The molecule has 2 aromatic carbocycles. The standard InChI is InChI=1S/C16H15FN2O/c1-10-2-4-11(5-3-10)9-18-15-13-7-6-12(17)8-14(13)19-16(15)20/h2-8,15,18H,9H2,1H3,(H,19,20). The van der Waals surface area contributed by atoms with Crippen molar-refractivity contribution in [2.45, 2.75) is 19.5 Å². The van der Waals surface area contributed by atoms with E-state index >= 15 is 0 Å². The number of carbonyl (C=O) groups is 1. The van der Waals surface area contributed by atoms with Gasteiger partial charge in [0.2, 0.25) is 5.91 Å². The summed E-state index contributed by atoms with van der Waals surface area (Å²) < 4.78 is 13.1. The smallest absolute Gasteiger partial charge is 0.246 e. The van der Waals surface area contributed by atoms with Gasteiger partial charge in [0.05, 0.1) is 0 Å². The molecule has 1 aliphatic rings. The molecule has 0 saturated heterocycles. The van der Waals surface area contributed by atoms with Gasteiger partial charge in [0, 0.05) is 17.8 Å². The zero-order valence-electron chi connectivity index (χ0n) is 11.1. The summed E-state index contributed by atoms with van der Waals surface area (Å²) >= 11 is 0. The second-order valence-electron chi connectivity index (χ2n) is 5.02. The highest BCUT2D eigenvalue weighted by Gasteiger charge is 2.30. The molecule has 20 heavy (non-hydrogen) atoms. The monoisotopic (exact) mass is 270 g/mol. The number of carbonyl (C=O) groups excluding carboxylic acids is 1. The highest BCUT2D eigenvalue weighted by molar-refractivity contribution is 6.02. The van der Waals surface area contributed by atoms with Crippen LogP contribution in [0.3, 0.4) is 0 Å². The molecule has 3 rings (SSSR count). The molecule has 0 aliphatic carbocycles. The van der Waals surface area contributed by atoms with Crippen molar-refractivity contribution < 1.29 is 9.18 Å². The van der Waals surface area contributed by atoms with E-state index in [1.54, 1.807) is 6.07 Å². The van der Waals surface area contributed by atoms with Crippen LogP contribution in [0, 0.1) is 12.7 Å². The van der Waals surface area contributed by atoms with Gasteiger partial charge in [-0.1, -0.05) is 35.9 Å². The second-order valence-corrected chi connectivity index (χ2v) is 5.02.